The van der Waals surface area contributed by atoms with E-state index < -0.39 is 16.1 Å². The molecule has 1 amide bonds. The van der Waals surface area contributed by atoms with Crippen LogP contribution in [0.2, 0.25) is 0 Å². The van der Waals surface area contributed by atoms with Crippen LogP contribution in [0.25, 0.3) is 0 Å². The Hall–Kier alpha value is -2.18. The molecule has 0 aliphatic carbocycles. The van der Waals surface area contributed by atoms with E-state index in [-0.39, 0.29) is 22.8 Å². The van der Waals surface area contributed by atoms with Crippen LogP contribution in [0.15, 0.2) is 59.5 Å². The predicted molar refractivity (Wildman–Crippen MR) is 108 cm³/mol. The third kappa shape index (κ3) is 5.65. The van der Waals surface area contributed by atoms with Crippen molar-refractivity contribution in [2.45, 2.75) is 51.1 Å². The number of nitrogens with one attached hydrogen (secondary N) is 2. The van der Waals surface area contributed by atoms with E-state index in [1.165, 1.54) is 0 Å². The van der Waals surface area contributed by atoms with E-state index in [4.69, 9.17) is 0 Å². The van der Waals surface area contributed by atoms with Gasteiger partial charge in [0.25, 0.3) is 0 Å². The van der Waals surface area contributed by atoms with Gasteiger partial charge in [0.15, 0.2) is 0 Å². The first-order chi connectivity index (χ1) is 12.7. The SMILES string of the molecule is CCC(C)C(NS(=O)(=O)c1ccc(C)cc1)C(=O)NC(C)c1ccccc1. The summed E-state index contributed by atoms with van der Waals surface area (Å²) < 4.78 is 28.1. The van der Waals surface area contributed by atoms with Gasteiger partial charge in [-0.05, 0) is 37.5 Å². The van der Waals surface area contributed by atoms with E-state index in [9.17, 15) is 13.2 Å². The van der Waals surface area contributed by atoms with Gasteiger partial charge >= 0.3 is 0 Å². The Kier molecular flexibility index (Phi) is 7.16. The van der Waals surface area contributed by atoms with Crippen molar-refractivity contribution in [3.8, 4) is 0 Å². The standard InChI is InChI=1S/C21H28N2O3S/c1-5-16(3)20(21(24)22-17(4)18-9-7-6-8-10-18)23-27(25,26)19-13-11-15(2)12-14-19/h6-14,16-17,20,23H,5H2,1-4H3,(H,22,24). The van der Waals surface area contributed by atoms with Crippen LogP contribution >= 0.6 is 0 Å². The molecule has 0 radical (unpaired) electrons. The zero-order chi connectivity index (χ0) is 20.0. The molecule has 0 bridgehead atoms. The molecule has 0 heterocycles. The highest BCUT2D eigenvalue weighted by atomic mass is 32.2. The summed E-state index contributed by atoms with van der Waals surface area (Å²) in [5.74, 6) is -0.468. The van der Waals surface area contributed by atoms with Gasteiger partial charge in [0.05, 0.1) is 10.9 Å². The maximum Gasteiger partial charge on any atom is 0.241 e. The highest BCUT2D eigenvalue weighted by molar-refractivity contribution is 7.89. The van der Waals surface area contributed by atoms with Crippen LogP contribution in [-0.4, -0.2) is 20.4 Å². The molecule has 27 heavy (non-hydrogen) atoms. The summed E-state index contributed by atoms with van der Waals surface area (Å²) >= 11 is 0. The van der Waals surface area contributed by atoms with Gasteiger partial charge in [0, 0.05) is 0 Å². The molecule has 0 aliphatic rings. The number of carbonyl (C=O) groups is 1. The molecule has 0 saturated heterocycles. The number of hydrogen-bond donors (Lipinski definition) is 2. The lowest BCUT2D eigenvalue weighted by molar-refractivity contribution is -0.124. The Morgan fingerprint density at radius 3 is 2.15 bits per heavy atom. The van der Waals surface area contributed by atoms with Crippen molar-refractivity contribution >= 4 is 15.9 Å². The Bertz CT molecular complexity index is 849. The smallest absolute Gasteiger partial charge is 0.241 e. The zero-order valence-electron chi connectivity index (χ0n) is 16.3. The third-order valence-corrected chi connectivity index (χ3v) is 6.22. The molecular formula is C21H28N2O3S. The fourth-order valence-corrected chi connectivity index (χ4v) is 4.05. The monoisotopic (exact) mass is 388 g/mol. The van der Waals surface area contributed by atoms with Gasteiger partial charge in [0.2, 0.25) is 15.9 Å². The van der Waals surface area contributed by atoms with Gasteiger partial charge < -0.3 is 5.32 Å². The van der Waals surface area contributed by atoms with E-state index in [0.717, 1.165) is 11.1 Å². The van der Waals surface area contributed by atoms with E-state index >= 15 is 0 Å². The molecule has 0 spiro atoms. The summed E-state index contributed by atoms with van der Waals surface area (Å²) in [5, 5.41) is 2.93. The Balaban J connectivity index is 2.19. The highest BCUT2D eigenvalue weighted by Crippen LogP contribution is 2.17. The van der Waals surface area contributed by atoms with Crippen LogP contribution in [0.1, 0.15) is 44.4 Å². The van der Waals surface area contributed by atoms with Gasteiger partial charge in [-0.15, -0.1) is 0 Å². The maximum atomic E-state index is 12.9. The number of hydrogen-bond acceptors (Lipinski definition) is 3. The molecule has 2 aromatic carbocycles. The number of amides is 1. The predicted octanol–water partition coefficient (Wildman–Crippen LogP) is 3.57. The van der Waals surface area contributed by atoms with E-state index in [1.807, 2.05) is 58.0 Å². The second kappa shape index (κ2) is 9.15. The first kappa shape index (κ1) is 21.1. The topological polar surface area (TPSA) is 75.3 Å². The van der Waals surface area contributed by atoms with E-state index in [2.05, 4.69) is 10.0 Å². The second-order valence-corrected chi connectivity index (χ2v) is 8.65. The summed E-state index contributed by atoms with van der Waals surface area (Å²) in [5.41, 5.74) is 1.94. The largest absolute Gasteiger partial charge is 0.348 e. The van der Waals surface area contributed by atoms with Crippen molar-refractivity contribution in [3.63, 3.8) is 0 Å². The fourth-order valence-electron chi connectivity index (χ4n) is 2.74. The van der Waals surface area contributed by atoms with Crippen molar-refractivity contribution in [2.24, 2.45) is 5.92 Å². The van der Waals surface area contributed by atoms with Crippen LogP contribution in [0.4, 0.5) is 0 Å². The molecule has 5 nitrogen and oxygen atoms in total. The number of sulfonamides is 1. The lowest BCUT2D eigenvalue weighted by Gasteiger charge is -2.25. The fraction of sp³-hybridized carbons (Fsp3) is 0.381. The minimum Gasteiger partial charge on any atom is -0.348 e. The highest BCUT2D eigenvalue weighted by Gasteiger charge is 2.30. The summed E-state index contributed by atoms with van der Waals surface area (Å²) in [6.07, 6.45) is 0.675. The first-order valence-corrected chi connectivity index (χ1v) is 10.7. The van der Waals surface area contributed by atoms with Crippen molar-refractivity contribution in [3.05, 3.63) is 65.7 Å². The van der Waals surface area contributed by atoms with Crippen LogP contribution < -0.4 is 10.0 Å². The molecule has 2 N–H and O–H groups in total. The van der Waals surface area contributed by atoms with Gasteiger partial charge in [-0.1, -0.05) is 68.3 Å². The van der Waals surface area contributed by atoms with E-state index in [0.29, 0.717) is 6.42 Å². The normalized spacial score (nSPS) is 15.0. The van der Waals surface area contributed by atoms with Crippen LogP contribution in [0.5, 0.6) is 0 Å². The lowest BCUT2D eigenvalue weighted by Crippen LogP contribution is -2.50. The average molecular weight is 389 g/mol. The molecule has 0 aromatic heterocycles. The van der Waals surface area contributed by atoms with Gasteiger partial charge in [-0.3, -0.25) is 4.79 Å². The van der Waals surface area contributed by atoms with Crippen LogP contribution in [0.3, 0.4) is 0 Å². The summed E-state index contributed by atoms with van der Waals surface area (Å²) in [6.45, 7) is 7.58. The molecule has 0 saturated carbocycles. The Labute approximate surface area is 162 Å². The quantitative estimate of drug-likeness (QED) is 0.726. The van der Waals surface area contributed by atoms with E-state index in [1.54, 1.807) is 24.3 Å². The van der Waals surface area contributed by atoms with Crippen molar-refractivity contribution in [1.29, 1.82) is 0 Å². The summed E-state index contributed by atoms with van der Waals surface area (Å²) in [7, 11) is -3.79. The maximum absolute atomic E-state index is 12.9. The molecule has 0 fully saturated rings. The molecular weight excluding hydrogens is 360 g/mol. The molecule has 0 aliphatic heterocycles. The lowest BCUT2D eigenvalue weighted by atomic mass is 9.98. The number of benzene rings is 2. The molecule has 146 valence electrons. The van der Waals surface area contributed by atoms with Gasteiger partial charge in [-0.2, -0.15) is 4.72 Å². The Morgan fingerprint density at radius 1 is 1.00 bits per heavy atom. The number of carbonyl (C=O) groups excluding carboxylic acids is 1. The number of aryl methyl sites for hydroxylation is 1. The molecule has 2 rings (SSSR count). The van der Waals surface area contributed by atoms with Crippen molar-refractivity contribution in [2.75, 3.05) is 0 Å². The van der Waals surface area contributed by atoms with Gasteiger partial charge in [-0.25, -0.2) is 8.42 Å². The van der Waals surface area contributed by atoms with Gasteiger partial charge in [0.1, 0.15) is 6.04 Å². The third-order valence-electron chi connectivity index (χ3n) is 4.77. The molecule has 2 aromatic rings. The minimum atomic E-state index is -3.79. The summed E-state index contributed by atoms with van der Waals surface area (Å²) in [6, 6.07) is 15.1. The average Bonchev–Trinajstić information content (AvgIpc) is 2.66. The Morgan fingerprint density at radius 2 is 1.59 bits per heavy atom. The molecule has 6 heteroatoms. The van der Waals surface area contributed by atoms with Crippen molar-refractivity contribution in [1.82, 2.24) is 10.0 Å². The van der Waals surface area contributed by atoms with Crippen molar-refractivity contribution < 1.29 is 13.2 Å². The summed E-state index contributed by atoms with van der Waals surface area (Å²) in [4.78, 5) is 13.0. The zero-order valence-corrected chi connectivity index (χ0v) is 17.1. The minimum absolute atomic E-state index is 0.145. The second-order valence-electron chi connectivity index (χ2n) is 6.94. The molecule has 3 unspecified atom stereocenters. The number of rotatable bonds is 8. The van der Waals surface area contributed by atoms with Crippen LogP contribution in [0, 0.1) is 12.8 Å². The van der Waals surface area contributed by atoms with Crippen LogP contribution in [-0.2, 0) is 14.8 Å². The first-order valence-electron chi connectivity index (χ1n) is 9.19. The molecule has 3 atom stereocenters.